The number of benzene rings is 2. The Labute approximate surface area is 176 Å². The van der Waals surface area contributed by atoms with E-state index in [1.54, 1.807) is 6.92 Å². The van der Waals surface area contributed by atoms with Crippen molar-refractivity contribution in [2.24, 2.45) is 0 Å². The van der Waals surface area contributed by atoms with Gasteiger partial charge in [0.05, 0.1) is 17.6 Å². The van der Waals surface area contributed by atoms with Gasteiger partial charge in [0.15, 0.2) is 0 Å². The number of hydrogen-bond donors (Lipinski definition) is 2. The molecule has 0 aliphatic heterocycles. The van der Waals surface area contributed by atoms with E-state index in [2.05, 4.69) is 10.6 Å². The standard InChI is InChI=1S/C22H19FN2O4S/c1-13-17(22(28)29-2)21(25-19(26)15-8-10-16(23)11-9-15)30-18(13)20(27)24-12-14-6-4-3-5-7-14/h3-11H,12H2,1-2H3,(H,24,27)(H,25,26). The zero-order chi connectivity index (χ0) is 21.7. The summed E-state index contributed by atoms with van der Waals surface area (Å²) >= 11 is 0.980. The first-order valence-corrected chi connectivity index (χ1v) is 9.83. The van der Waals surface area contributed by atoms with Gasteiger partial charge in [-0.25, -0.2) is 9.18 Å². The van der Waals surface area contributed by atoms with Crippen molar-refractivity contribution in [1.82, 2.24) is 5.32 Å². The van der Waals surface area contributed by atoms with Gasteiger partial charge in [-0.1, -0.05) is 30.3 Å². The number of rotatable bonds is 6. The molecule has 0 spiro atoms. The van der Waals surface area contributed by atoms with Crippen molar-refractivity contribution >= 4 is 34.1 Å². The summed E-state index contributed by atoms with van der Waals surface area (Å²) in [6.45, 7) is 1.94. The van der Waals surface area contributed by atoms with Crippen LogP contribution in [0.25, 0.3) is 0 Å². The van der Waals surface area contributed by atoms with Crippen molar-refractivity contribution in [2.75, 3.05) is 12.4 Å². The Morgan fingerprint density at radius 3 is 2.30 bits per heavy atom. The van der Waals surface area contributed by atoms with Gasteiger partial charge in [0, 0.05) is 12.1 Å². The molecule has 0 saturated heterocycles. The van der Waals surface area contributed by atoms with Crippen molar-refractivity contribution in [3.63, 3.8) is 0 Å². The van der Waals surface area contributed by atoms with Crippen LogP contribution >= 0.6 is 11.3 Å². The van der Waals surface area contributed by atoms with E-state index in [0.717, 1.165) is 29.0 Å². The van der Waals surface area contributed by atoms with Gasteiger partial charge in [-0.15, -0.1) is 11.3 Å². The van der Waals surface area contributed by atoms with Crippen LogP contribution in [0.1, 0.15) is 41.5 Å². The average Bonchev–Trinajstić information content (AvgIpc) is 3.08. The third kappa shape index (κ3) is 4.72. The molecule has 0 aliphatic carbocycles. The molecule has 2 N–H and O–H groups in total. The topological polar surface area (TPSA) is 84.5 Å². The Hall–Kier alpha value is -3.52. The molecule has 0 bridgehead atoms. The summed E-state index contributed by atoms with van der Waals surface area (Å²) in [7, 11) is 1.22. The number of esters is 1. The molecule has 1 heterocycles. The number of amides is 2. The summed E-state index contributed by atoms with van der Waals surface area (Å²) < 4.78 is 17.9. The molecule has 3 aromatic rings. The summed E-state index contributed by atoms with van der Waals surface area (Å²) in [5.74, 6) is -2.03. The molecule has 0 unspecified atom stereocenters. The number of carbonyl (C=O) groups excluding carboxylic acids is 3. The number of anilines is 1. The lowest BCUT2D eigenvalue weighted by Gasteiger charge is -2.06. The highest BCUT2D eigenvalue weighted by atomic mass is 32.1. The normalized spacial score (nSPS) is 10.4. The first kappa shape index (κ1) is 21.2. The fraction of sp³-hybridized carbons (Fsp3) is 0.136. The summed E-state index contributed by atoms with van der Waals surface area (Å²) in [5.41, 5.74) is 1.67. The SMILES string of the molecule is COC(=O)c1c(NC(=O)c2ccc(F)cc2)sc(C(=O)NCc2ccccc2)c1C. The van der Waals surface area contributed by atoms with E-state index in [1.165, 1.54) is 19.2 Å². The highest BCUT2D eigenvalue weighted by Crippen LogP contribution is 2.34. The Balaban J connectivity index is 1.85. The summed E-state index contributed by atoms with van der Waals surface area (Å²) in [6.07, 6.45) is 0. The Bertz CT molecular complexity index is 1080. The van der Waals surface area contributed by atoms with Crippen molar-refractivity contribution < 1.29 is 23.5 Å². The van der Waals surface area contributed by atoms with E-state index >= 15 is 0 Å². The maximum Gasteiger partial charge on any atom is 0.341 e. The second kappa shape index (κ2) is 9.32. The maximum absolute atomic E-state index is 13.1. The van der Waals surface area contributed by atoms with Gasteiger partial charge in [0.1, 0.15) is 10.8 Å². The lowest BCUT2D eigenvalue weighted by molar-refractivity contribution is 0.0601. The number of carbonyl (C=O) groups is 3. The molecule has 0 aliphatic rings. The lowest BCUT2D eigenvalue weighted by Crippen LogP contribution is -2.22. The van der Waals surface area contributed by atoms with E-state index < -0.39 is 17.7 Å². The molecule has 8 heteroatoms. The van der Waals surface area contributed by atoms with E-state index in [0.29, 0.717) is 17.0 Å². The fourth-order valence-electron chi connectivity index (χ4n) is 2.80. The lowest BCUT2D eigenvalue weighted by atomic mass is 10.1. The molecular weight excluding hydrogens is 407 g/mol. The molecule has 0 radical (unpaired) electrons. The Morgan fingerprint density at radius 2 is 1.67 bits per heavy atom. The first-order chi connectivity index (χ1) is 14.4. The smallest absolute Gasteiger partial charge is 0.341 e. The van der Waals surface area contributed by atoms with E-state index in [4.69, 9.17) is 4.74 Å². The molecule has 2 aromatic carbocycles. The maximum atomic E-state index is 13.1. The van der Waals surface area contributed by atoms with Crippen molar-refractivity contribution in [3.8, 4) is 0 Å². The second-order valence-corrected chi connectivity index (χ2v) is 7.40. The molecule has 6 nitrogen and oxygen atoms in total. The molecule has 2 amide bonds. The summed E-state index contributed by atoms with van der Waals surface area (Å²) in [6, 6.07) is 14.4. The molecule has 154 valence electrons. The van der Waals surface area contributed by atoms with Gasteiger partial charge in [0.25, 0.3) is 11.8 Å². The van der Waals surface area contributed by atoms with Gasteiger partial charge < -0.3 is 15.4 Å². The van der Waals surface area contributed by atoms with Crippen LogP contribution in [0.2, 0.25) is 0 Å². The van der Waals surface area contributed by atoms with Crippen LogP contribution < -0.4 is 10.6 Å². The predicted octanol–water partition coefficient (Wildman–Crippen LogP) is 4.16. The highest BCUT2D eigenvalue weighted by molar-refractivity contribution is 7.18. The largest absolute Gasteiger partial charge is 0.465 e. The number of thiophene rings is 1. The number of nitrogens with one attached hydrogen (secondary N) is 2. The summed E-state index contributed by atoms with van der Waals surface area (Å²) in [4.78, 5) is 37.8. The molecule has 0 atom stereocenters. The molecule has 1 aromatic heterocycles. The van der Waals surface area contributed by atoms with Crippen molar-refractivity contribution in [2.45, 2.75) is 13.5 Å². The summed E-state index contributed by atoms with van der Waals surface area (Å²) in [5, 5.41) is 5.63. The minimum absolute atomic E-state index is 0.114. The van der Waals surface area contributed by atoms with Crippen LogP contribution in [0.15, 0.2) is 54.6 Å². The first-order valence-electron chi connectivity index (χ1n) is 9.01. The van der Waals surface area contributed by atoms with Gasteiger partial charge in [-0.2, -0.15) is 0 Å². The third-order valence-corrected chi connectivity index (χ3v) is 5.58. The fourth-order valence-corrected chi connectivity index (χ4v) is 3.91. The van der Waals surface area contributed by atoms with E-state index in [-0.39, 0.29) is 22.0 Å². The Morgan fingerprint density at radius 1 is 1.00 bits per heavy atom. The average molecular weight is 426 g/mol. The van der Waals surface area contributed by atoms with Crippen LogP contribution in [0, 0.1) is 12.7 Å². The van der Waals surface area contributed by atoms with Crippen LogP contribution in [0.4, 0.5) is 9.39 Å². The minimum atomic E-state index is -0.666. The number of hydrogen-bond acceptors (Lipinski definition) is 5. The zero-order valence-corrected chi connectivity index (χ0v) is 17.1. The van der Waals surface area contributed by atoms with Gasteiger partial charge >= 0.3 is 5.97 Å². The van der Waals surface area contributed by atoms with Gasteiger partial charge in [-0.3, -0.25) is 9.59 Å². The molecule has 0 fully saturated rings. The number of ether oxygens (including phenoxy) is 1. The quantitative estimate of drug-likeness (QED) is 0.580. The van der Waals surface area contributed by atoms with Crippen molar-refractivity contribution in [1.29, 1.82) is 0 Å². The monoisotopic (exact) mass is 426 g/mol. The second-order valence-electron chi connectivity index (χ2n) is 6.38. The number of methoxy groups -OCH3 is 1. The van der Waals surface area contributed by atoms with Crippen LogP contribution in [0.5, 0.6) is 0 Å². The van der Waals surface area contributed by atoms with Gasteiger partial charge in [0.2, 0.25) is 0 Å². The number of halogens is 1. The van der Waals surface area contributed by atoms with E-state index in [1.807, 2.05) is 30.3 Å². The molecule has 3 rings (SSSR count). The van der Waals surface area contributed by atoms with Crippen molar-refractivity contribution in [3.05, 3.63) is 87.5 Å². The predicted molar refractivity (Wildman–Crippen MR) is 112 cm³/mol. The van der Waals surface area contributed by atoms with Crippen LogP contribution in [-0.2, 0) is 11.3 Å². The molecule has 0 saturated carbocycles. The van der Waals surface area contributed by atoms with Gasteiger partial charge in [-0.05, 0) is 42.3 Å². The van der Waals surface area contributed by atoms with Crippen LogP contribution in [-0.4, -0.2) is 24.9 Å². The third-order valence-electron chi connectivity index (χ3n) is 4.37. The van der Waals surface area contributed by atoms with E-state index in [9.17, 15) is 18.8 Å². The highest BCUT2D eigenvalue weighted by Gasteiger charge is 2.26. The molecular formula is C22H19FN2O4S. The molecule has 30 heavy (non-hydrogen) atoms. The minimum Gasteiger partial charge on any atom is -0.465 e. The Kier molecular flexibility index (Phi) is 6.58. The van der Waals surface area contributed by atoms with Crippen LogP contribution in [0.3, 0.4) is 0 Å². The zero-order valence-electron chi connectivity index (χ0n) is 16.3.